The van der Waals surface area contributed by atoms with Crippen molar-refractivity contribution in [1.82, 2.24) is 5.32 Å². The van der Waals surface area contributed by atoms with Crippen molar-refractivity contribution in [3.8, 4) is 0 Å². The van der Waals surface area contributed by atoms with Crippen molar-refractivity contribution in [2.45, 2.75) is 25.3 Å². The molecule has 2 aliphatic carbocycles. The maximum atomic E-state index is 10.8. The molecule has 0 aromatic heterocycles. The molecule has 0 aliphatic heterocycles. The van der Waals surface area contributed by atoms with Gasteiger partial charge in [0.2, 0.25) is 5.91 Å². The maximum Gasteiger partial charge on any atom is 0.233 e. The smallest absolute Gasteiger partial charge is 0.233 e. The maximum absolute atomic E-state index is 10.8. The summed E-state index contributed by atoms with van der Waals surface area (Å²) in [4.78, 5) is 10.8. The van der Waals surface area contributed by atoms with Gasteiger partial charge in [-0.3, -0.25) is 4.79 Å². The Morgan fingerprint density at radius 3 is 2.67 bits per heavy atom. The van der Waals surface area contributed by atoms with Gasteiger partial charge in [-0.2, -0.15) is 0 Å². The quantitative estimate of drug-likeness (QED) is 0.672. The SMILES string of the molecule is Cl.NCC(=O)NC1CC1C1CC1. The molecule has 2 aliphatic rings. The average molecular weight is 191 g/mol. The van der Waals surface area contributed by atoms with Crippen molar-refractivity contribution in [3.63, 3.8) is 0 Å². The zero-order chi connectivity index (χ0) is 7.84. The predicted molar refractivity (Wildman–Crippen MR) is 49.1 cm³/mol. The Morgan fingerprint density at radius 1 is 1.50 bits per heavy atom. The minimum atomic E-state index is -0.00171. The molecule has 2 atom stereocenters. The summed E-state index contributed by atoms with van der Waals surface area (Å²) in [5.41, 5.74) is 5.17. The summed E-state index contributed by atoms with van der Waals surface area (Å²) in [6.07, 6.45) is 3.94. The Balaban J connectivity index is 0.000000720. The van der Waals surface area contributed by atoms with Crippen LogP contribution in [0.3, 0.4) is 0 Å². The average Bonchev–Trinajstić information content (AvgIpc) is 2.79. The highest BCUT2D eigenvalue weighted by atomic mass is 35.5. The van der Waals surface area contributed by atoms with E-state index in [9.17, 15) is 4.79 Å². The highest BCUT2D eigenvalue weighted by Gasteiger charge is 2.47. The van der Waals surface area contributed by atoms with Crippen LogP contribution in [0.5, 0.6) is 0 Å². The third-order valence-corrected chi connectivity index (χ3v) is 2.60. The molecule has 0 heterocycles. The van der Waals surface area contributed by atoms with Crippen molar-refractivity contribution >= 4 is 18.3 Å². The van der Waals surface area contributed by atoms with Crippen LogP contribution in [0.2, 0.25) is 0 Å². The Kier molecular flexibility index (Phi) is 2.96. The molecule has 0 bridgehead atoms. The van der Waals surface area contributed by atoms with Gasteiger partial charge < -0.3 is 11.1 Å². The molecule has 0 saturated heterocycles. The van der Waals surface area contributed by atoms with E-state index in [2.05, 4.69) is 5.32 Å². The normalized spacial score (nSPS) is 32.1. The second-order valence-corrected chi connectivity index (χ2v) is 3.62. The number of carbonyl (C=O) groups excluding carboxylic acids is 1. The lowest BCUT2D eigenvalue weighted by Crippen LogP contribution is -2.32. The molecule has 0 aromatic carbocycles. The molecule has 3 nitrogen and oxygen atoms in total. The molecule has 1 amide bonds. The third kappa shape index (κ3) is 2.11. The first-order chi connectivity index (χ1) is 5.31. The van der Waals surface area contributed by atoms with Crippen molar-refractivity contribution in [1.29, 1.82) is 0 Å². The molecule has 0 spiro atoms. The third-order valence-electron chi connectivity index (χ3n) is 2.60. The summed E-state index contributed by atoms with van der Waals surface area (Å²) in [6.45, 7) is 0.133. The summed E-state index contributed by atoms with van der Waals surface area (Å²) >= 11 is 0. The highest BCUT2D eigenvalue weighted by Crippen LogP contribution is 2.49. The molecule has 2 fully saturated rings. The fraction of sp³-hybridized carbons (Fsp3) is 0.875. The van der Waals surface area contributed by atoms with Crippen LogP contribution in [0, 0.1) is 11.8 Å². The van der Waals surface area contributed by atoms with E-state index >= 15 is 0 Å². The number of nitrogens with one attached hydrogen (secondary N) is 1. The predicted octanol–water partition coefficient (Wildman–Crippen LogP) is 0.282. The number of amides is 1. The standard InChI is InChI=1S/C8H14N2O.ClH/c9-4-8(11)10-7-3-6(7)5-1-2-5;/h5-7H,1-4,9H2,(H,10,11);1H. The van der Waals surface area contributed by atoms with Gasteiger partial charge in [0.1, 0.15) is 0 Å². The fourth-order valence-corrected chi connectivity index (χ4v) is 1.69. The molecule has 0 radical (unpaired) electrons. The van der Waals surface area contributed by atoms with Crippen LogP contribution in [0.4, 0.5) is 0 Å². The van der Waals surface area contributed by atoms with Gasteiger partial charge in [0, 0.05) is 6.04 Å². The van der Waals surface area contributed by atoms with Crippen LogP contribution in [0.25, 0.3) is 0 Å². The van der Waals surface area contributed by atoms with E-state index in [1.165, 1.54) is 19.3 Å². The monoisotopic (exact) mass is 190 g/mol. The lowest BCUT2D eigenvalue weighted by Gasteiger charge is -2.00. The summed E-state index contributed by atoms with van der Waals surface area (Å²) < 4.78 is 0. The molecular formula is C8H15ClN2O. The van der Waals surface area contributed by atoms with Gasteiger partial charge in [0.25, 0.3) is 0 Å². The lowest BCUT2D eigenvalue weighted by molar-refractivity contribution is -0.119. The number of nitrogens with two attached hydrogens (primary N) is 1. The topological polar surface area (TPSA) is 55.1 Å². The first-order valence-corrected chi connectivity index (χ1v) is 4.30. The summed E-state index contributed by atoms with van der Waals surface area (Å²) in [7, 11) is 0. The van der Waals surface area contributed by atoms with E-state index in [1.807, 2.05) is 0 Å². The zero-order valence-electron chi connectivity index (χ0n) is 6.95. The van der Waals surface area contributed by atoms with Crippen LogP contribution < -0.4 is 11.1 Å². The molecule has 4 heteroatoms. The number of hydrogen-bond acceptors (Lipinski definition) is 2. The summed E-state index contributed by atoms with van der Waals surface area (Å²) in [5.74, 6) is 1.72. The Bertz CT molecular complexity index is 182. The Labute approximate surface area is 78.5 Å². The van der Waals surface area contributed by atoms with E-state index in [1.54, 1.807) is 0 Å². The van der Waals surface area contributed by atoms with Gasteiger partial charge >= 0.3 is 0 Å². The second-order valence-electron chi connectivity index (χ2n) is 3.62. The van der Waals surface area contributed by atoms with E-state index in [-0.39, 0.29) is 24.9 Å². The van der Waals surface area contributed by atoms with Crippen molar-refractivity contribution in [2.75, 3.05) is 6.54 Å². The highest BCUT2D eigenvalue weighted by molar-refractivity contribution is 5.85. The number of carbonyl (C=O) groups is 1. The molecule has 2 saturated carbocycles. The fourth-order valence-electron chi connectivity index (χ4n) is 1.69. The van der Waals surface area contributed by atoms with Gasteiger partial charge in [-0.05, 0) is 31.1 Å². The van der Waals surface area contributed by atoms with Gasteiger partial charge in [-0.25, -0.2) is 0 Å². The van der Waals surface area contributed by atoms with E-state index in [0.29, 0.717) is 6.04 Å². The van der Waals surface area contributed by atoms with Gasteiger partial charge in [-0.1, -0.05) is 0 Å². The van der Waals surface area contributed by atoms with Crippen LogP contribution in [0.15, 0.2) is 0 Å². The van der Waals surface area contributed by atoms with Crippen LogP contribution in [0.1, 0.15) is 19.3 Å². The van der Waals surface area contributed by atoms with Crippen LogP contribution in [-0.4, -0.2) is 18.5 Å². The molecular weight excluding hydrogens is 176 g/mol. The Morgan fingerprint density at radius 2 is 2.17 bits per heavy atom. The lowest BCUT2D eigenvalue weighted by atomic mass is 10.3. The molecule has 2 rings (SSSR count). The van der Waals surface area contributed by atoms with E-state index < -0.39 is 0 Å². The molecule has 0 aromatic rings. The number of hydrogen-bond donors (Lipinski definition) is 2. The van der Waals surface area contributed by atoms with Gasteiger partial charge in [0.05, 0.1) is 6.54 Å². The second kappa shape index (κ2) is 3.62. The molecule has 2 unspecified atom stereocenters. The van der Waals surface area contributed by atoms with Crippen LogP contribution in [-0.2, 0) is 4.79 Å². The van der Waals surface area contributed by atoms with Gasteiger partial charge in [0.15, 0.2) is 0 Å². The first kappa shape index (κ1) is 9.81. The first-order valence-electron chi connectivity index (χ1n) is 4.30. The zero-order valence-corrected chi connectivity index (χ0v) is 7.77. The largest absolute Gasteiger partial charge is 0.352 e. The minimum Gasteiger partial charge on any atom is -0.352 e. The number of rotatable bonds is 3. The van der Waals surface area contributed by atoms with Crippen molar-refractivity contribution < 1.29 is 4.79 Å². The summed E-state index contributed by atoms with van der Waals surface area (Å²) in [6, 6.07) is 0.471. The van der Waals surface area contributed by atoms with E-state index in [4.69, 9.17) is 5.73 Å². The summed E-state index contributed by atoms with van der Waals surface area (Å²) in [5, 5.41) is 2.91. The molecule has 12 heavy (non-hydrogen) atoms. The number of halogens is 1. The van der Waals surface area contributed by atoms with E-state index in [0.717, 1.165) is 11.8 Å². The minimum absolute atomic E-state index is 0. The Hall–Kier alpha value is -0.280. The van der Waals surface area contributed by atoms with Crippen LogP contribution >= 0.6 is 12.4 Å². The van der Waals surface area contributed by atoms with Crippen molar-refractivity contribution in [3.05, 3.63) is 0 Å². The van der Waals surface area contributed by atoms with Crippen molar-refractivity contribution in [2.24, 2.45) is 17.6 Å². The molecule has 3 N–H and O–H groups in total. The van der Waals surface area contributed by atoms with Gasteiger partial charge in [-0.15, -0.1) is 12.4 Å². The molecule has 70 valence electrons.